The molecule has 1 aromatic rings. The lowest BCUT2D eigenvalue weighted by Gasteiger charge is -2.12. The Bertz CT molecular complexity index is 417. The van der Waals surface area contributed by atoms with Gasteiger partial charge in [-0.05, 0) is 68.6 Å². The van der Waals surface area contributed by atoms with Gasteiger partial charge in [-0.15, -0.1) is 0 Å². The number of benzene rings is 1. The van der Waals surface area contributed by atoms with Gasteiger partial charge in [-0.25, -0.2) is 0 Å². The molecule has 16 heavy (non-hydrogen) atoms. The van der Waals surface area contributed by atoms with Crippen LogP contribution in [0.1, 0.15) is 43.4 Å². The molecule has 0 bridgehead atoms. The predicted molar refractivity (Wildman–Crippen MR) is 74.8 cm³/mol. The number of hydrogen-bond acceptors (Lipinski definition) is 0. The molecule has 2 rings (SSSR count). The first-order chi connectivity index (χ1) is 7.60. The Morgan fingerprint density at radius 2 is 1.31 bits per heavy atom. The van der Waals surface area contributed by atoms with Crippen LogP contribution in [0.5, 0.6) is 0 Å². The van der Waals surface area contributed by atoms with Gasteiger partial charge in [0.1, 0.15) is 0 Å². The highest BCUT2D eigenvalue weighted by atomic mass is 31.1. The Labute approximate surface area is 101 Å². The molecule has 1 aliphatic rings. The SMILES string of the molecule is CCC1=C(CC)P1c1c(C)cc(C)cc1C. The van der Waals surface area contributed by atoms with Crippen molar-refractivity contribution in [3.05, 3.63) is 39.5 Å². The maximum atomic E-state index is 2.34. The van der Waals surface area contributed by atoms with E-state index >= 15 is 0 Å². The van der Waals surface area contributed by atoms with E-state index in [1.54, 1.807) is 15.9 Å². The van der Waals surface area contributed by atoms with Gasteiger partial charge >= 0.3 is 0 Å². The zero-order valence-corrected chi connectivity index (χ0v) is 11.9. The first-order valence-electron chi connectivity index (χ1n) is 6.20. The second-order valence-electron chi connectivity index (χ2n) is 4.68. The van der Waals surface area contributed by atoms with Crippen LogP contribution in [0.25, 0.3) is 0 Å². The molecule has 1 heterocycles. The van der Waals surface area contributed by atoms with Gasteiger partial charge in [0.15, 0.2) is 0 Å². The zero-order valence-electron chi connectivity index (χ0n) is 11.0. The molecule has 0 saturated heterocycles. The van der Waals surface area contributed by atoms with Gasteiger partial charge in [-0.1, -0.05) is 31.5 Å². The molecule has 1 aromatic carbocycles. The third-order valence-corrected chi connectivity index (χ3v) is 6.53. The molecule has 0 fully saturated rings. The standard InChI is InChI=1S/C15H21P/c1-6-13-14(7-2)16(13)15-11(4)8-10(3)9-12(15)5/h8-9H,6-7H2,1-5H3. The van der Waals surface area contributed by atoms with E-state index in [0.29, 0.717) is 0 Å². The van der Waals surface area contributed by atoms with Crippen LogP contribution in [0, 0.1) is 20.8 Å². The van der Waals surface area contributed by atoms with Gasteiger partial charge in [0, 0.05) is 0 Å². The third kappa shape index (κ3) is 1.84. The normalized spacial score (nSPS) is 15.8. The average Bonchev–Trinajstić information content (AvgIpc) is 2.89. The maximum absolute atomic E-state index is 2.34. The topological polar surface area (TPSA) is 0 Å². The summed E-state index contributed by atoms with van der Waals surface area (Å²) >= 11 is 0. The van der Waals surface area contributed by atoms with Crippen LogP contribution in [0.2, 0.25) is 0 Å². The molecule has 0 amide bonds. The molecule has 0 aliphatic carbocycles. The first-order valence-corrected chi connectivity index (χ1v) is 7.54. The van der Waals surface area contributed by atoms with Crippen LogP contribution >= 0.6 is 7.92 Å². The van der Waals surface area contributed by atoms with Crippen molar-refractivity contribution in [2.45, 2.75) is 47.5 Å². The molecule has 0 spiro atoms. The van der Waals surface area contributed by atoms with Crippen molar-refractivity contribution in [1.82, 2.24) is 0 Å². The smallest absolute Gasteiger partial charge is 0.00981 e. The number of allylic oxidation sites excluding steroid dienone is 2. The molecule has 0 radical (unpaired) electrons. The summed E-state index contributed by atoms with van der Waals surface area (Å²) in [6.45, 7) is 11.3. The van der Waals surface area contributed by atoms with Crippen molar-refractivity contribution in [3.63, 3.8) is 0 Å². The molecule has 86 valence electrons. The van der Waals surface area contributed by atoms with E-state index in [9.17, 15) is 0 Å². The molecule has 0 unspecified atom stereocenters. The Kier molecular flexibility index (Phi) is 3.22. The molecular weight excluding hydrogens is 211 g/mol. The Balaban J connectivity index is 2.38. The van der Waals surface area contributed by atoms with Gasteiger partial charge in [-0.3, -0.25) is 0 Å². The second-order valence-corrected chi connectivity index (χ2v) is 6.88. The van der Waals surface area contributed by atoms with Crippen molar-refractivity contribution in [1.29, 1.82) is 0 Å². The predicted octanol–water partition coefficient (Wildman–Crippen LogP) is 4.76. The minimum atomic E-state index is 0.00665. The minimum Gasteiger partial charge on any atom is -0.0612 e. The molecule has 0 atom stereocenters. The molecule has 1 heteroatoms. The largest absolute Gasteiger partial charge is 0.0612 e. The van der Waals surface area contributed by atoms with Crippen LogP contribution in [-0.4, -0.2) is 0 Å². The van der Waals surface area contributed by atoms with Crippen LogP contribution in [0.4, 0.5) is 0 Å². The van der Waals surface area contributed by atoms with Gasteiger partial charge in [0.2, 0.25) is 0 Å². The van der Waals surface area contributed by atoms with Crippen LogP contribution in [0.3, 0.4) is 0 Å². The molecule has 1 aliphatic heterocycles. The first kappa shape index (κ1) is 11.9. The van der Waals surface area contributed by atoms with E-state index in [1.807, 2.05) is 0 Å². The summed E-state index contributed by atoms with van der Waals surface area (Å²) in [5.41, 5.74) is 4.39. The molecule has 0 nitrogen and oxygen atoms in total. The van der Waals surface area contributed by atoms with Crippen LogP contribution in [-0.2, 0) is 0 Å². The number of rotatable bonds is 3. The van der Waals surface area contributed by atoms with Crippen molar-refractivity contribution < 1.29 is 0 Å². The summed E-state index contributed by atoms with van der Waals surface area (Å²) in [4.78, 5) is 0. The molecule has 0 aromatic heterocycles. The van der Waals surface area contributed by atoms with Crippen molar-refractivity contribution in [2.75, 3.05) is 0 Å². The summed E-state index contributed by atoms with van der Waals surface area (Å²) in [6.07, 6.45) is 2.50. The summed E-state index contributed by atoms with van der Waals surface area (Å²) in [5.74, 6) is 0. The lowest BCUT2D eigenvalue weighted by molar-refractivity contribution is 1.16. The van der Waals surface area contributed by atoms with E-state index in [4.69, 9.17) is 0 Å². The highest BCUT2D eigenvalue weighted by Crippen LogP contribution is 2.71. The Morgan fingerprint density at radius 1 is 0.875 bits per heavy atom. The minimum absolute atomic E-state index is 0.00665. The van der Waals surface area contributed by atoms with Crippen LogP contribution in [0.15, 0.2) is 22.8 Å². The van der Waals surface area contributed by atoms with Gasteiger partial charge < -0.3 is 0 Å². The quantitative estimate of drug-likeness (QED) is 0.659. The average molecular weight is 232 g/mol. The Morgan fingerprint density at radius 3 is 1.69 bits per heavy atom. The fourth-order valence-electron chi connectivity index (χ4n) is 2.76. The number of hydrogen-bond donors (Lipinski definition) is 0. The summed E-state index contributed by atoms with van der Waals surface area (Å²) in [7, 11) is 0.00665. The van der Waals surface area contributed by atoms with Gasteiger partial charge in [-0.2, -0.15) is 0 Å². The van der Waals surface area contributed by atoms with Gasteiger partial charge in [0.25, 0.3) is 0 Å². The highest BCUT2D eigenvalue weighted by Gasteiger charge is 2.36. The second kappa shape index (κ2) is 4.34. The monoisotopic (exact) mass is 232 g/mol. The van der Waals surface area contributed by atoms with Crippen molar-refractivity contribution in [2.24, 2.45) is 0 Å². The van der Waals surface area contributed by atoms with E-state index in [0.717, 1.165) is 0 Å². The molecule has 0 N–H and O–H groups in total. The lowest BCUT2D eigenvalue weighted by Crippen LogP contribution is -2.07. The summed E-state index contributed by atoms with van der Waals surface area (Å²) in [5, 5.41) is 5.16. The maximum Gasteiger partial charge on any atom is -0.00981 e. The third-order valence-electron chi connectivity index (χ3n) is 3.35. The zero-order chi connectivity index (χ0) is 11.9. The van der Waals surface area contributed by atoms with Crippen molar-refractivity contribution in [3.8, 4) is 0 Å². The van der Waals surface area contributed by atoms with E-state index in [1.165, 1.54) is 29.5 Å². The van der Waals surface area contributed by atoms with Crippen molar-refractivity contribution >= 4 is 13.2 Å². The fraction of sp³-hybridized carbons (Fsp3) is 0.467. The van der Waals surface area contributed by atoms with E-state index < -0.39 is 0 Å². The number of aryl methyl sites for hydroxylation is 3. The van der Waals surface area contributed by atoms with E-state index in [-0.39, 0.29) is 7.92 Å². The fourth-order valence-corrected chi connectivity index (χ4v) is 5.71. The lowest BCUT2D eigenvalue weighted by atomic mass is 10.1. The van der Waals surface area contributed by atoms with Gasteiger partial charge in [0.05, 0.1) is 0 Å². The highest BCUT2D eigenvalue weighted by molar-refractivity contribution is 7.80. The molecule has 0 saturated carbocycles. The Hall–Kier alpha value is -0.610. The molecular formula is C15H21P. The summed E-state index contributed by atoms with van der Waals surface area (Å²) in [6, 6.07) is 4.67. The van der Waals surface area contributed by atoms with E-state index in [2.05, 4.69) is 46.8 Å². The summed E-state index contributed by atoms with van der Waals surface area (Å²) < 4.78 is 0. The van der Waals surface area contributed by atoms with Crippen LogP contribution < -0.4 is 5.30 Å².